The molecule has 1 saturated heterocycles. The molecule has 88 valence electrons. The fourth-order valence-corrected chi connectivity index (χ4v) is 3.30. The van der Waals surface area contributed by atoms with E-state index in [4.69, 9.17) is 5.73 Å². The highest BCUT2D eigenvalue weighted by molar-refractivity contribution is 4.87. The van der Waals surface area contributed by atoms with E-state index in [9.17, 15) is 0 Å². The zero-order chi connectivity index (χ0) is 10.8. The molecule has 2 fully saturated rings. The Morgan fingerprint density at radius 2 is 2.07 bits per heavy atom. The van der Waals surface area contributed by atoms with Crippen LogP contribution in [0.15, 0.2) is 0 Å². The van der Waals surface area contributed by atoms with Crippen molar-refractivity contribution in [3.8, 4) is 0 Å². The third-order valence-corrected chi connectivity index (χ3v) is 4.51. The summed E-state index contributed by atoms with van der Waals surface area (Å²) in [6.07, 6.45) is 7.16. The summed E-state index contributed by atoms with van der Waals surface area (Å²) in [5.74, 6) is 1.79. The summed E-state index contributed by atoms with van der Waals surface area (Å²) in [4.78, 5) is 2.69. The van der Waals surface area contributed by atoms with Crippen molar-refractivity contribution in [3.05, 3.63) is 0 Å². The number of nitrogens with zero attached hydrogens (tertiary/aromatic N) is 1. The molecular weight excluding hydrogens is 184 g/mol. The van der Waals surface area contributed by atoms with Gasteiger partial charge >= 0.3 is 0 Å². The van der Waals surface area contributed by atoms with Crippen LogP contribution in [0.1, 0.15) is 46.0 Å². The minimum absolute atomic E-state index is 0.754. The minimum Gasteiger partial charge on any atom is -0.330 e. The van der Waals surface area contributed by atoms with Gasteiger partial charge in [-0.1, -0.05) is 19.3 Å². The van der Waals surface area contributed by atoms with Gasteiger partial charge in [-0.15, -0.1) is 0 Å². The van der Waals surface area contributed by atoms with Gasteiger partial charge in [0.05, 0.1) is 0 Å². The number of hydrogen-bond donors (Lipinski definition) is 1. The van der Waals surface area contributed by atoms with Gasteiger partial charge < -0.3 is 5.73 Å². The molecule has 0 bridgehead atoms. The van der Waals surface area contributed by atoms with E-state index in [0.717, 1.165) is 30.5 Å². The van der Waals surface area contributed by atoms with Gasteiger partial charge in [-0.25, -0.2) is 0 Å². The van der Waals surface area contributed by atoms with Crippen LogP contribution in [0, 0.1) is 11.8 Å². The monoisotopic (exact) mass is 210 g/mol. The molecule has 0 aromatic heterocycles. The van der Waals surface area contributed by atoms with Gasteiger partial charge in [-0.05, 0) is 45.1 Å². The molecule has 1 aliphatic heterocycles. The quantitative estimate of drug-likeness (QED) is 0.771. The van der Waals surface area contributed by atoms with Gasteiger partial charge in [0, 0.05) is 18.6 Å². The van der Waals surface area contributed by atoms with Crippen molar-refractivity contribution in [1.82, 2.24) is 4.90 Å². The van der Waals surface area contributed by atoms with Gasteiger partial charge in [-0.2, -0.15) is 0 Å². The summed E-state index contributed by atoms with van der Waals surface area (Å²) >= 11 is 0. The van der Waals surface area contributed by atoms with Gasteiger partial charge in [0.25, 0.3) is 0 Å². The van der Waals surface area contributed by atoms with Crippen molar-refractivity contribution in [1.29, 1.82) is 0 Å². The van der Waals surface area contributed by atoms with Crippen molar-refractivity contribution >= 4 is 0 Å². The highest BCUT2D eigenvalue weighted by Gasteiger charge is 2.32. The van der Waals surface area contributed by atoms with E-state index >= 15 is 0 Å². The summed E-state index contributed by atoms with van der Waals surface area (Å²) in [5.41, 5.74) is 5.77. The van der Waals surface area contributed by atoms with Crippen molar-refractivity contribution in [2.45, 2.75) is 58.0 Å². The largest absolute Gasteiger partial charge is 0.330 e. The van der Waals surface area contributed by atoms with E-state index < -0.39 is 0 Å². The first kappa shape index (κ1) is 11.4. The molecule has 2 aliphatic rings. The van der Waals surface area contributed by atoms with Crippen LogP contribution in [0.5, 0.6) is 0 Å². The van der Waals surface area contributed by atoms with E-state index in [1.54, 1.807) is 0 Å². The van der Waals surface area contributed by atoms with E-state index in [1.807, 2.05) is 0 Å². The van der Waals surface area contributed by atoms with E-state index in [1.165, 1.54) is 38.6 Å². The smallest absolute Gasteiger partial charge is 0.00734 e. The maximum atomic E-state index is 5.77. The van der Waals surface area contributed by atoms with E-state index in [2.05, 4.69) is 18.7 Å². The van der Waals surface area contributed by atoms with Crippen LogP contribution in [0.4, 0.5) is 0 Å². The molecule has 0 aromatic carbocycles. The third-order valence-electron chi connectivity index (χ3n) is 4.51. The van der Waals surface area contributed by atoms with Crippen molar-refractivity contribution in [3.63, 3.8) is 0 Å². The lowest BCUT2D eigenvalue weighted by atomic mass is 9.81. The second-order valence-corrected chi connectivity index (χ2v) is 5.76. The Morgan fingerprint density at radius 3 is 2.53 bits per heavy atom. The molecule has 2 heteroatoms. The molecule has 1 saturated carbocycles. The van der Waals surface area contributed by atoms with Crippen LogP contribution in [0.25, 0.3) is 0 Å². The first-order valence-electron chi connectivity index (χ1n) is 6.66. The Kier molecular flexibility index (Phi) is 3.68. The van der Waals surface area contributed by atoms with Crippen LogP contribution in [0.2, 0.25) is 0 Å². The van der Waals surface area contributed by atoms with Gasteiger partial charge in [0.2, 0.25) is 0 Å². The Hall–Kier alpha value is -0.0800. The Balaban J connectivity index is 1.80. The van der Waals surface area contributed by atoms with Crippen LogP contribution < -0.4 is 5.73 Å². The predicted octanol–water partition coefficient (Wildman–Crippen LogP) is 2.23. The first-order chi connectivity index (χ1) is 7.20. The number of rotatable bonds is 4. The van der Waals surface area contributed by atoms with Gasteiger partial charge in [0.15, 0.2) is 0 Å². The summed E-state index contributed by atoms with van der Waals surface area (Å²) in [5, 5.41) is 0. The van der Waals surface area contributed by atoms with Gasteiger partial charge in [0.1, 0.15) is 0 Å². The third kappa shape index (κ3) is 2.54. The SMILES string of the molecule is CC(CC1CCC1)N1CC(CN)CC1C. The van der Waals surface area contributed by atoms with Crippen molar-refractivity contribution in [2.24, 2.45) is 17.6 Å². The van der Waals surface area contributed by atoms with Crippen LogP contribution in [0.3, 0.4) is 0 Å². The normalized spacial score (nSPS) is 35.4. The van der Waals surface area contributed by atoms with E-state index in [-0.39, 0.29) is 0 Å². The number of hydrogen-bond acceptors (Lipinski definition) is 2. The van der Waals surface area contributed by atoms with Gasteiger partial charge in [-0.3, -0.25) is 4.90 Å². The summed E-state index contributed by atoms with van der Waals surface area (Å²) in [6, 6.07) is 1.54. The second kappa shape index (κ2) is 4.84. The summed E-state index contributed by atoms with van der Waals surface area (Å²) in [6.45, 7) is 6.89. The second-order valence-electron chi connectivity index (χ2n) is 5.76. The minimum atomic E-state index is 0.754. The fraction of sp³-hybridized carbons (Fsp3) is 1.00. The Bertz CT molecular complexity index is 201. The fourth-order valence-electron chi connectivity index (χ4n) is 3.30. The van der Waals surface area contributed by atoms with Crippen LogP contribution >= 0.6 is 0 Å². The lowest BCUT2D eigenvalue weighted by Gasteiger charge is -2.34. The molecule has 0 radical (unpaired) electrons. The molecule has 1 aliphatic carbocycles. The first-order valence-corrected chi connectivity index (χ1v) is 6.66. The molecule has 2 N–H and O–H groups in total. The average molecular weight is 210 g/mol. The number of nitrogens with two attached hydrogens (primary N) is 1. The van der Waals surface area contributed by atoms with Crippen LogP contribution in [-0.4, -0.2) is 30.1 Å². The average Bonchev–Trinajstić information content (AvgIpc) is 2.53. The molecule has 3 atom stereocenters. The zero-order valence-corrected chi connectivity index (χ0v) is 10.3. The van der Waals surface area contributed by atoms with Crippen molar-refractivity contribution < 1.29 is 0 Å². The molecule has 0 amide bonds. The molecule has 0 aromatic rings. The Morgan fingerprint density at radius 1 is 1.33 bits per heavy atom. The van der Waals surface area contributed by atoms with E-state index in [0.29, 0.717) is 0 Å². The topological polar surface area (TPSA) is 29.3 Å². The zero-order valence-electron chi connectivity index (χ0n) is 10.3. The molecule has 2 rings (SSSR count). The van der Waals surface area contributed by atoms with Crippen LogP contribution in [-0.2, 0) is 0 Å². The highest BCUT2D eigenvalue weighted by Crippen LogP contribution is 2.34. The highest BCUT2D eigenvalue weighted by atomic mass is 15.2. The molecule has 2 nitrogen and oxygen atoms in total. The summed E-state index contributed by atoms with van der Waals surface area (Å²) < 4.78 is 0. The molecule has 15 heavy (non-hydrogen) atoms. The lowest BCUT2D eigenvalue weighted by molar-refractivity contribution is 0.147. The summed E-state index contributed by atoms with van der Waals surface area (Å²) in [7, 11) is 0. The maximum absolute atomic E-state index is 5.77. The molecule has 3 unspecified atom stereocenters. The maximum Gasteiger partial charge on any atom is 0.00734 e. The predicted molar refractivity (Wildman–Crippen MR) is 64.7 cm³/mol. The number of likely N-dealkylation sites (tertiary alicyclic amines) is 1. The lowest BCUT2D eigenvalue weighted by Crippen LogP contribution is -2.38. The molecular formula is C13H26N2. The van der Waals surface area contributed by atoms with Crippen molar-refractivity contribution in [2.75, 3.05) is 13.1 Å². The molecule has 1 heterocycles. The Labute approximate surface area is 94.2 Å². The molecule has 0 spiro atoms. The standard InChI is InChI=1S/C13H26N2/c1-10(6-12-4-3-5-12)15-9-13(8-14)7-11(15)2/h10-13H,3-9,14H2,1-2H3.